The highest BCUT2D eigenvalue weighted by atomic mass is 16.3. The van der Waals surface area contributed by atoms with Gasteiger partial charge in [0, 0.05) is 11.1 Å². The average molecular weight is 258 g/mol. The van der Waals surface area contributed by atoms with Gasteiger partial charge >= 0.3 is 0 Å². The Bertz CT molecular complexity index is 558. The van der Waals surface area contributed by atoms with Crippen LogP contribution in [0.3, 0.4) is 0 Å². The molecule has 0 spiro atoms. The number of aromatic hydroxyl groups is 1. The van der Waals surface area contributed by atoms with E-state index in [9.17, 15) is 15.3 Å². The van der Waals surface area contributed by atoms with Crippen molar-refractivity contribution in [2.24, 2.45) is 0 Å². The minimum absolute atomic E-state index is 0.0295. The maximum atomic E-state index is 9.85. The number of rotatable bonds is 3. The summed E-state index contributed by atoms with van der Waals surface area (Å²) in [5, 5.41) is 28.4. The summed E-state index contributed by atoms with van der Waals surface area (Å²) >= 11 is 0. The van der Waals surface area contributed by atoms with Crippen molar-refractivity contribution < 1.29 is 15.3 Å². The van der Waals surface area contributed by atoms with E-state index < -0.39 is 0 Å². The van der Waals surface area contributed by atoms with Crippen molar-refractivity contribution in [2.75, 3.05) is 0 Å². The van der Waals surface area contributed by atoms with E-state index in [-0.39, 0.29) is 19.0 Å². The van der Waals surface area contributed by atoms with Crippen LogP contribution in [-0.2, 0) is 13.2 Å². The van der Waals surface area contributed by atoms with Crippen LogP contribution in [0.1, 0.15) is 22.3 Å². The van der Waals surface area contributed by atoms with Gasteiger partial charge < -0.3 is 15.3 Å². The van der Waals surface area contributed by atoms with Gasteiger partial charge in [-0.3, -0.25) is 0 Å². The van der Waals surface area contributed by atoms with Gasteiger partial charge in [0.25, 0.3) is 0 Å². The average Bonchev–Trinajstić information content (AvgIpc) is 2.37. The van der Waals surface area contributed by atoms with Gasteiger partial charge in [0.2, 0.25) is 0 Å². The van der Waals surface area contributed by atoms with E-state index in [1.807, 2.05) is 26.0 Å². The van der Waals surface area contributed by atoms with Crippen LogP contribution in [0.25, 0.3) is 11.1 Å². The van der Waals surface area contributed by atoms with E-state index >= 15 is 0 Å². The predicted octanol–water partition coefficient (Wildman–Crippen LogP) is 2.66. The molecule has 3 nitrogen and oxygen atoms in total. The summed E-state index contributed by atoms with van der Waals surface area (Å²) in [4.78, 5) is 0. The fourth-order valence-electron chi connectivity index (χ4n) is 2.31. The third-order valence-electron chi connectivity index (χ3n) is 3.16. The molecule has 2 aromatic rings. The molecule has 0 amide bonds. The van der Waals surface area contributed by atoms with Crippen LogP contribution in [0.2, 0.25) is 0 Å². The molecule has 0 atom stereocenters. The van der Waals surface area contributed by atoms with Gasteiger partial charge in [0.15, 0.2) is 0 Å². The number of hydrogen-bond donors (Lipinski definition) is 3. The second kappa shape index (κ2) is 5.43. The first-order chi connectivity index (χ1) is 9.05. The minimum Gasteiger partial charge on any atom is -0.507 e. The van der Waals surface area contributed by atoms with Gasteiger partial charge in [0.05, 0.1) is 13.2 Å². The maximum Gasteiger partial charge on any atom is 0.126 e. The van der Waals surface area contributed by atoms with Crippen molar-refractivity contribution >= 4 is 0 Å². The Morgan fingerprint density at radius 1 is 0.737 bits per heavy atom. The van der Waals surface area contributed by atoms with Gasteiger partial charge in [-0.15, -0.1) is 0 Å². The number of aliphatic hydroxyl groups is 2. The first kappa shape index (κ1) is 13.6. The summed E-state index contributed by atoms with van der Waals surface area (Å²) in [6, 6.07) is 9.68. The summed E-state index contributed by atoms with van der Waals surface area (Å²) in [5.41, 5.74) is 5.07. The van der Waals surface area contributed by atoms with Crippen LogP contribution in [0, 0.1) is 13.8 Å². The Balaban J connectivity index is 2.61. The highest BCUT2D eigenvalue weighted by molar-refractivity contribution is 5.68. The molecule has 0 fully saturated rings. The Hall–Kier alpha value is -1.84. The maximum absolute atomic E-state index is 9.85. The molecular weight excluding hydrogens is 240 g/mol. The standard InChI is InChI=1S/C16H18O3/c1-10-3-11(2)5-12(4-10)13-6-14(8-17)16(19)15(7-13)9-18/h3-7,17-19H,8-9H2,1-2H3. The van der Waals surface area contributed by atoms with Crippen LogP contribution in [0.15, 0.2) is 30.3 Å². The molecular formula is C16H18O3. The summed E-state index contributed by atoms with van der Waals surface area (Å²) < 4.78 is 0. The Morgan fingerprint density at radius 2 is 1.16 bits per heavy atom. The molecule has 0 bridgehead atoms. The molecule has 0 aliphatic rings. The Morgan fingerprint density at radius 3 is 1.58 bits per heavy atom. The van der Waals surface area contributed by atoms with E-state index in [1.165, 1.54) is 0 Å². The molecule has 0 aromatic heterocycles. The quantitative estimate of drug-likeness (QED) is 0.793. The van der Waals surface area contributed by atoms with Gasteiger partial charge in [-0.05, 0) is 37.1 Å². The third-order valence-corrected chi connectivity index (χ3v) is 3.16. The van der Waals surface area contributed by atoms with Crippen molar-refractivity contribution in [3.8, 4) is 16.9 Å². The second-order valence-corrected chi connectivity index (χ2v) is 4.84. The van der Waals surface area contributed by atoms with Gasteiger partial charge in [0.1, 0.15) is 5.75 Å². The topological polar surface area (TPSA) is 60.7 Å². The number of phenols is 1. The Labute approximate surface area is 112 Å². The zero-order valence-electron chi connectivity index (χ0n) is 11.1. The lowest BCUT2D eigenvalue weighted by molar-refractivity contribution is 0.264. The molecule has 0 aliphatic heterocycles. The van der Waals surface area contributed by atoms with E-state index in [2.05, 4.69) is 6.07 Å². The molecule has 0 aliphatic carbocycles. The molecule has 0 unspecified atom stereocenters. The van der Waals surface area contributed by atoms with Crippen LogP contribution < -0.4 is 0 Å². The fraction of sp³-hybridized carbons (Fsp3) is 0.250. The number of aryl methyl sites for hydroxylation is 2. The number of aliphatic hydroxyl groups excluding tert-OH is 2. The summed E-state index contributed by atoms with van der Waals surface area (Å²) in [5.74, 6) is -0.0295. The first-order valence-corrected chi connectivity index (χ1v) is 6.20. The largest absolute Gasteiger partial charge is 0.507 e. The monoisotopic (exact) mass is 258 g/mol. The molecule has 19 heavy (non-hydrogen) atoms. The van der Waals surface area contributed by atoms with E-state index in [1.54, 1.807) is 12.1 Å². The van der Waals surface area contributed by atoms with E-state index in [0.29, 0.717) is 11.1 Å². The minimum atomic E-state index is -0.253. The lowest BCUT2D eigenvalue weighted by atomic mass is 9.96. The van der Waals surface area contributed by atoms with Crippen molar-refractivity contribution in [3.63, 3.8) is 0 Å². The van der Waals surface area contributed by atoms with Crippen molar-refractivity contribution in [3.05, 3.63) is 52.6 Å². The molecule has 3 N–H and O–H groups in total. The van der Waals surface area contributed by atoms with E-state index in [0.717, 1.165) is 22.3 Å². The summed E-state index contributed by atoms with van der Waals surface area (Å²) in [6.07, 6.45) is 0. The number of hydrogen-bond acceptors (Lipinski definition) is 3. The van der Waals surface area contributed by atoms with E-state index in [4.69, 9.17) is 0 Å². The molecule has 0 heterocycles. The van der Waals surface area contributed by atoms with Crippen LogP contribution in [0.5, 0.6) is 5.75 Å². The number of benzene rings is 2. The predicted molar refractivity (Wildman–Crippen MR) is 74.9 cm³/mol. The molecule has 0 radical (unpaired) electrons. The molecule has 2 aromatic carbocycles. The zero-order valence-corrected chi connectivity index (χ0v) is 11.1. The van der Waals surface area contributed by atoms with Crippen LogP contribution >= 0.6 is 0 Å². The van der Waals surface area contributed by atoms with Crippen molar-refractivity contribution in [1.82, 2.24) is 0 Å². The van der Waals surface area contributed by atoms with Crippen LogP contribution in [-0.4, -0.2) is 15.3 Å². The fourth-order valence-corrected chi connectivity index (χ4v) is 2.31. The molecule has 2 rings (SSSR count). The highest BCUT2D eigenvalue weighted by Crippen LogP contribution is 2.31. The van der Waals surface area contributed by atoms with Gasteiger partial charge in [-0.2, -0.15) is 0 Å². The van der Waals surface area contributed by atoms with Gasteiger partial charge in [-0.1, -0.05) is 29.3 Å². The third kappa shape index (κ3) is 2.78. The van der Waals surface area contributed by atoms with Gasteiger partial charge in [-0.25, -0.2) is 0 Å². The molecule has 0 saturated carbocycles. The normalized spacial score (nSPS) is 10.7. The first-order valence-electron chi connectivity index (χ1n) is 6.20. The van der Waals surface area contributed by atoms with Crippen molar-refractivity contribution in [2.45, 2.75) is 27.1 Å². The smallest absolute Gasteiger partial charge is 0.126 e. The SMILES string of the molecule is Cc1cc(C)cc(-c2cc(CO)c(O)c(CO)c2)c1. The van der Waals surface area contributed by atoms with Crippen molar-refractivity contribution in [1.29, 1.82) is 0 Å². The lowest BCUT2D eigenvalue weighted by Gasteiger charge is -2.12. The molecule has 100 valence electrons. The Kier molecular flexibility index (Phi) is 3.88. The molecule has 3 heteroatoms. The molecule has 0 saturated heterocycles. The second-order valence-electron chi connectivity index (χ2n) is 4.84. The van der Waals surface area contributed by atoms with Crippen LogP contribution in [0.4, 0.5) is 0 Å². The lowest BCUT2D eigenvalue weighted by Crippen LogP contribution is -1.94. The highest BCUT2D eigenvalue weighted by Gasteiger charge is 2.10. The summed E-state index contributed by atoms with van der Waals surface area (Å²) in [6.45, 7) is 3.54. The zero-order chi connectivity index (χ0) is 14.0. The summed E-state index contributed by atoms with van der Waals surface area (Å²) in [7, 11) is 0.